The number of Topliss-reactive ketones (excluding diaryl/α,β-unsaturated/α-hetero) is 4. The topological polar surface area (TPSA) is 241 Å². The van der Waals surface area contributed by atoms with E-state index in [0.29, 0.717) is 96.0 Å². The van der Waals surface area contributed by atoms with E-state index in [2.05, 4.69) is 76.2 Å². The van der Waals surface area contributed by atoms with Crippen LogP contribution in [0.5, 0.6) is 0 Å². The normalized spacial score (nSPS) is 12.8. The number of rotatable bonds is 8. The lowest BCUT2D eigenvalue weighted by Gasteiger charge is -2.12. The van der Waals surface area contributed by atoms with E-state index in [4.69, 9.17) is 11.6 Å². The van der Waals surface area contributed by atoms with Crippen LogP contribution in [0.3, 0.4) is 0 Å². The molecule has 0 atom stereocenters. The van der Waals surface area contributed by atoms with Gasteiger partial charge in [0.1, 0.15) is 29.1 Å². The van der Waals surface area contributed by atoms with Crippen molar-refractivity contribution >= 4 is 73.5 Å². The highest BCUT2D eigenvalue weighted by atomic mass is 79.9. The van der Waals surface area contributed by atoms with Crippen LogP contribution in [-0.4, -0.2) is 105 Å². The molecule has 0 unspecified atom stereocenters. The fourth-order valence-electron chi connectivity index (χ4n) is 11.3. The summed E-state index contributed by atoms with van der Waals surface area (Å²) in [5, 5.41) is 17.6. The summed E-state index contributed by atoms with van der Waals surface area (Å²) in [5.41, 5.74) is 9.53. The van der Waals surface area contributed by atoms with E-state index in [1.807, 2.05) is 43.3 Å². The van der Waals surface area contributed by atoms with Crippen molar-refractivity contribution in [3.8, 4) is 22.7 Å². The first-order valence-electron chi connectivity index (χ1n) is 30.7. The maximum atomic E-state index is 14.4. The van der Waals surface area contributed by atoms with Crippen LogP contribution in [0.25, 0.3) is 22.7 Å². The van der Waals surface area contributed by atoms with E-state index in [9.17, 15) is 41.1 Å². The predicted octanol–water partition coefficient (Wildman–Crippen LogP) is 13.7. The molecule has 0 N–H and O–H groups in total. The molecule has 0 spiro atoms. The number of aliphatic imine (C=N–C) groups is 4. The quantitative estimate of drug-likeness (QED) is 0.102. The molecular weight excluding hydrogens is 1380 g/mol. The molecular formula is C73H51BrClF5N16O4. The predicted molar refractivity (Wildman–Crippen MR) is 366 cm³/mol. The summed E-state index contributed by atoms with van der Waals surface area (Å²) < 4.78 is 78.3. The van der Waals surface area contributed by atoms with Gasteiger partial charge in [-0.2, -0.15) is 0 Å². The van der Waals surface area contributed by atoms with Crippen molar-refractivity contribution < 1.29 is 41.1 Å². The van der Waals surface area contributed by atoms with Crippen LogP contribution in [0, 0.1) is 36.0 Å². The number of benzene rings is 8. The third-order valence-electron chi connectivity index (χ3n) is 15.9. The fourth-order valence-corrected chi connectivity index (χ4v) is 11.8. The molecule has 20 nitrogen and oxygen atoms in total. The van der Waals surface area contributed by atoms with Gasteiger partial charge in [-0.05, 0) is 122 Å². The fraction of sp³-hybridized carbons (Fsp3) is 0.123. The summed E-state index contributed by atoms with van der Waals surface area (Å²) >= 11 is 9.61. The van der Waals surface area contributed by atoms with Gasteiger partial charge in [-0.15, -0.1) is 20.4 Å². The Morgan fingerprint density at radius 3 is 0.990 bits per heavy atom. The smallest absolute Gasteiger partial charge is 0.217 e. The van der Waals surface area contributed by atoms with Gasteiger partial charge in [0.2, 0.25) is 23.3 Å². The lowest BCUT2D eigenvalue weighted by atomic mass is 9.98. The zero-order valence-electron chi connectivity index (χ0n) is 53.4. The van der Waals surface area contributed by atoms with Gasteiger partial charge in [-0.3, -0.25) is 39.1 Å². The summed E-state index contributed by atoms with van der Waals surface area (Å²) in [6, 6.07) is 46.3. The highest BCUT2D eigenvalue weighted by Crippen LogP contribution is 2.33. The minimum absolute atomic E-state index is 0.0646. The number of carbonyl (C=O) groups is 4. The van der Waals surface area contributed by atoms with Crippen LogP contribution in [0.1, 0.15) is 144 Å². The van der Waals surface area contributed by atoms with Crippen LogP contribution in [-0.2, 0) is 26.2 Å². The van der Waals surface area contributed by atoms with Crippen molar-refractivity contribution in [1.82, 2.24) is 59.1 Å². The molecule has 100 heavy (non-hydrogen) atoms. The Kier molecular flexibility index (Phi) is 18.6. The van der Waals surface area contributed by atoms with E-state index in [0.717, 1.165) is 26.9 Å². The molecule has 8 aromatic carbocycles. The number of nitrogens with zero attached hydrogens (tertiary/aromatic N) is 16. The van der Waals surface area contributed by atoms with E-state index in [1.165, 1.54) is 74.8 Å². The molecule has 0 saturated heterocycles. The van der Waals surface area contributed by atoms with Gasteiger partial charge in [0.05, 0.1) is 71.8 Å². The molecule has 496 valence electrons. The second-order valence-corrected chi connectivity index (χ2v) is 24.2. The number of aryl methyl sites for hydroxylation is 1. The molecule has 4 aliphatic heterocycles. The van der Waals surface area contributed by atoms with E-state index in [1.54, 1.807) is 105 Å². The molecule has 8 heterocycles. The molecule has 0 amide bonds. The third kappa shape index (κ3) is 13.4. The average molecular weight is 1430 g/mol. The van der Waals surface area contributed by atoms with Crippen molar-refractivity contribution in [2.45, 2.75) is 60.8 Å². The van der Waals surface area contributed by atoms with Crippen LogP contribution >= 0.6 is 27.5 Å². The SMILES string of the molecule is CC(=O)c1nc2n(n1)-c1ccc(Br)cc1C(c1ccccc1F)=NC2.CC(=O)c1nc2n(n1)-c1ccc(C)cc1C(c1ccccc1F)=NC2.CC(=O)c1nc2n(n1)-c1ccc(Cl)cc1C(c1ccccc1F)=NC2.CC(=O)c1nc2n(n1)-c1ccc(F)cc1C(c1ccccc1F)=NC2. The third-order valence-corrected chi connectivity index (χ3v) is 16.7. The summed E-state index contributed by atoms with van der Waals surface area (Å²) in [6.45, 7) is 8.30. The minimum Gasteiger partial charge on any atom is -0.291 e. The van der Waals surface area contributed by atoms with Gasteiger partial charge in [-0.25, -0.2) is 60.6 Å². The van der Waals surface area contributed by atoms with E-state index >= 15 is 0 Å². The molecule has 0 radical (unpaired) electrons. The van der Waals surface area contributed by atoms with Gasteiger partial charge in [-0.1, -0.05) is 87.7 Å². The highest BCUT2D eigenvalue weighted by molar-refractivity contribution is 9.10. The van der Waals surface area contributed by atoms with Gasteiger partial charge in [0, 0.05) is 81.7 Å². The summed E-state index contributed by atoms with van der Waals surface area (Å²) in [6.07, 6.45) is 0. The lowest BCUT2D eigenvalue weighted by molar-refractivity contribution is 0.0995. The number of hydrogen-bond donors (Lipinski definition) is 0. The number of fused-ring (bicyclic) bond motifs is 12. The standard InChI is InChI=1S/C19H15FN4O.C18H12BrFN4O.C18H12ClFN4O.C18H12F2N4O/c1-11-7-8-16-14(9-11)18(13-5-3-4-6-15(13)20)21-10-17-22-19(12(2)25)23-24(16)17;3*1-10(25)18-22-16-9-21-17(12-4-2-3-5-14(12)20)13-8-11(19)6-7-15(13)24(16)23-18/h3-9H,10H2,1-2H3;3*2-8H,9H2,1H3. The second-order valence-electron chi connectivity index (χ2n) is 22.9. The average Bonchev–Trinajstić information content (AvgIpc) is 1.62. The molecule has 12 aromatic rings. The van der Waals surface area contributed by atoms with Gasteiger partial charge in [0.15, 0.2) is 46.4 Å². The molecule has 0 bridgehead atoms. The second kappa shape index (κ2) is 27.9. The Balaban J connectivity index is 0.000000119. The van der Waals surface area contributed by atoms with Crippen LogP contribution in [0.4, 0.5) is 22.0 Å². The number of hydrogen-bond acceptors (Lipinski definition) is 16. The van der Waals surface area contributed by atoms with Crippen LogP contribution < -0.4 is 0 Å². The first kappa shape index (κ1) is 66.7. The molecule has 0 aliphatic carbocycles. The first-order chi connectivity index (χ1) is 48.2. The Hall–Kier alpha value is -11.9. The summed E-state index contributed by atoms with van der Waals surface area (Å²) in [5.74, 6) is -0.339. The zero-order chi connectivity index (χ0) is 70.2. The van der Waals surface area contributed by atoms with Crippen LogP contribution in [0.2, 0.25) is 5.02 Å². The van der Waals surface area contributed by atoms with Crippen LogP contribution in [0.15, 0.2) is 194 Å². The minimum atomic E-state index is -0.474. The molecule has 4 aromatic heterocycles. The zero-order valence-corrected chi connectivity index (χ0v) is 55.8. The lowest BCUT2D eigenvalue weighted by Crippen LogP contribution is -2.10. The number of ketones is 4. The largest absolute Gasteiger partial charge is 0.291 e. The summed E-state index contributed by atoms with van der Waals surface area (Å²) in [7, 11) is 0. The van der Waals surface area contributed by atoms with Gasteiger partial charge in [0.25, 0.3) is 0 Å². The van der Waals surface area contributed by atoms with Crippen molar-refractivity contribution in [2.24, 2.45) is 20.0 Å². The molecule has 0 fully saturated rings. The summed E-state index contributed by atoms with van der Waals surface area (Å²) in [4.78, 5) is 81.5. The molecule has 4 aliphatic rings. The highest BCUT2D eigenvalue weighted by Gasteiger charge is 2.30. The van der Waals surface area contributed by atoms with E-state index < -0.39 is 11.6 Å². The van der Waals surface area contributed by atoms with Crippen molar-refractivity contribution in [3.63, 3.8) is 0 Å². The van der Waals surface area contributed by atoms with Gasteiger partial charge < -0.3 is 0 Å². The van der Waals surface area contributed by atoms with E-state index in [-0.39, 0.29) is 95.6 Å². The number of carbonyl (C=O) groups excluding carboxylic acids is 4. The van der Waals surface area contributed by atoms with Crippen molar-refractivity contribution in [3.05, 3.63) is 305 Å². The number of halogens is 7. The molecule has 0 saturated carbocycles. The maximum Gasteiger partial charge on any atom is 0.217 e. The maximum absolute atomic E-state index is 14.4. The Morgan fingerprint density at radius 2 is 0.650 bits per heavy atom. The van der Waals surface area contributed by atoms with Crippen molar-refractivity contribution in [1.29, 1.82) is 0 Å². The Labute approximate surface area is 579 Å². The van der Waals surface area contributed by atoms with Crippen molar-refractivity contribution in [2.75, 3.05) is 0 Å². The Morgan fingerprint density at radius 1 is 0.360 bits per heavy atom. The number of aromatic nitrogens is 12. The molecule has 16 rings (SSSR count). The molecule has 27 heteroatoms. The monoisotopic (exact) mass is 1420 g/mol. The Bertz CT molecular complexity index is 4830. The van der Waals surface area contributed by atoms with Gasteiger partial charge >= 0.3 is 0 Å². The first-order valence-corrected chi connectivity index (χ1v) is 31.9.